The largest absolute Gasteiger partial charge is 0.493 e. The third-order valence-corrected chi connectivity index (χ3v) is 6.30. The summed E-state index contributed by atoms with van der Waals surface area (Å²) in [6.45, 7) is 5.83. The maximum absolute atomic E-state index is 12.9. The Morgan fingerprint density at radius 1 is 0.871 bits per heavy atom. The van der Waals surface area contributed by atoms with E-state index < -0.39 is 0 Å². The number of likely N-dealkylation sites (tertiary alicyclic amines) is 2. The second-order valence-electron chi connectivity index (χ2n) is 8.82. The van der Waals surface area contributed by atoms with Crippen LogP contribution in [0.4, 0.5) is 0 Å². The van der Waals surface area contributed by atoms with Crippen LogP contribution in [0.25, 0.3) is 0 Å². The molecular weight excluding hydrogens is 388 g/mol. The molecule has 1 atom stereocenters. The van der Waals surface area contributed by atoms with E-state index in [-0.39, 0.29) is 11.8 Å². The maximum Gasteiger partial charge on any atom is 0.253 e. The molecule has 2 aliphatic rings. The molecule has 5 nitrogen and oxygen atoms in total. The summed E-state index contributed by atoms with van der Waals surface area (Å²) in [5.74, 6) is 1.31. The third-order valence-electron chi connectivity index (χ3n) is 6.30. The highest BCUT2D eigenvalue weighted by atomic mass is 16.5. The van der Waals surface area contributed by atoms with Gasteiger partial charge in [0.05, 0.1) is 6.61 Å². The minimum Gasteiger partial charge on any atom is -0.493 e. The first-order valence-electron chi connectivity index (χ1n) is 11.5. The number of amides is 2. The first-order chi connectivity index (χ1) is 15.1. The van der Waals surface area contributed by atoms with Crippen LogP contribution in [0.5, 0.6) is 5.75 Å². The maximum atomic E-state index is 12.9. The lowest BCUT2D eigenvalue weighted by molar-refractivity contribution is 0.0633. The van der Waals surface area contributed by atoms with Gasteiger partial charge in [0.15, 0.2) is 0 Å². The highest BCUT2D eigenvalue weighted by Crippen LogP contribution is 2.22. The van der Waals surface area contributed by atoms with Gasteiger partial charge in [0.1, 0.15) is 5.75 Å². The zero-order valence-corrected chi connectivity index (χ0v) is 18.4. The lowest BCUT2D eigenvalue weighted by Gasteiger charge is -2.32. The highest BCUT2D eigenvalue weighted by Gasteiger charge is 2.25. The van der Waals surface area contributed by atoms with Gasteiger partial charge in [0.2, 0.25) is 0 Å². The van der Waals surface area contributed by atoms with Crippen molar-refractivity contribution in [3.05, 3.63) is 65.2 Å². The molecule has 0 bridgehead atoms. The molecule has 0 N–H and O–H groups in total. The van der Waals surface area contributed by atoms with Crippen LogP contribution in [-0.4, -0.2) is 54.4 Å². The fraction of sp³-hybridized carbons (Fsp3) is 0.462. The molecule has 31 heavy (non-hydrogen) atoms. The van der Waals surface area contributed by atoms with Crippen LogP contribution in [0.15, 0.2) is 48.5 Å². The normalized spacial score (nSPS) is 19.2. The van der Waals surface area contributed by atoms with E-state index >= 15 is 0 Å². The van der Waals surface area contributed by atoms with Gasteiger partial charge in [-0.25, -0.2) is 0 Å². The number of aryl methyl sites for hydroxylation is 1. The molecule has 1 unspecified atom stereocenters. The van der Waals surface area contributed by atoms with Crippen molar-refractivity contribution in [1.82, 2.24) is 9.80 Å². The molecule has 0 saturated carbocycles. The third kappa shape index (κ3) is 5.46. The van der Waals surface area contributed by atoms with Crippen molar-refractivity contribution in [2.45, 2.75) is 39.0 Å². The average molecular weight is 421 g/mol. The SMILES string of the molecule is Cc1cccc(C(=O)N2CCCC(COc3ccc(C(=O)N4CCCCC4)cc3)C2)c1. The van der Waals surface area contributed by atoms with Crippen LogP contribution in [0.1, 0.15) is 58.4 Å². The second-order valence-corrected chi connectivity index (χ2v) is 8.82. The van der Waals surface area contributed by atoms with Crippen molar-refractivity contribution >= 4 is 11.8 Å². The molecule has 164 valence electrons. The van der Waals surface area contributed by atoms with E-state index in [9.17, 15) is 9.59 Å². The van der Waals surface area contributed by atoms with E-state index in [4.69, 9.17) is 4.74 Å². The Bertz CT molecular complexity index is 903. The molecule has 5 heteroatoms. The van der Waals surface area contributed by atoms with E-state index in [1.165, 1.54) is 6.42 Å². The summed E-state index contributed by atoms with van der Waals surface area (Å²) in [5, 5.41) is 0. The Morgan fingerprint density at radius 2 is 1.58 bits per heavy atom. The topological polar surface area (TPSA) is 49.9 Å². The molecule has 2 saturated heterocycles. The Labute approximate surface area is 185 Å². The lowest BCUT2D eigenvalue weighted by atomic mass is 9.98. The first-order valence-corrected chi connectivity index (χ1v) is 11.5. The molecule has 2 aromatic carbocycles. The number of hydrogen-bond donors (Lipinski definition) is 0. The van der Waals surface area contributed by atoms with Crippen molar-refractivity contribution in [2.24, 2.45) is 5.92 Å². The summed E-state index contributed by atoms with van der Waals surface area (Å²) in [6, 6.07) is 15.3. The monoisotopic (exact) mass is 420 g/mol. The molecule has 2 aliphatic heterocycles. The number of ether oxygens (including phenoxy) is 1. The Balaban J connectivity index is 1.29. The Kier molecular flexibility index (Phi) is 6.90. The molecule has 0 radical (unpaired) electrons. The summed E-state index contributed by atoms with van der Waals surface area (Å²) in [7, 11) is 0. The number of hydrogen-bond acceptors (Lipinski definition) is 3. The molecular formula is C26H32N2O3. The van der Waals surface area contributed by atoms with Gasteiger partial charge in [-0.2, -0.15) is 0 Å². The van der Waals surface area contributed by atoms with Crippen molar-refractivity contribution in [3.8, 4) is 5.75 Å². The van der Waals surface area contributed by atoms with E-state index in [1.807, 2.05) is 65.3 Å². The van der Waals surface area contributed by atoms with Gasteiger partial charge >= 0.3 is 0 Å². The van der Waals surface area contributed by atoms with Crippen molar-refractivity contribution in [3.63, 3.8) is 0 Å². The van der Waals surface area contributed by atoms with E-state index in [2.05, 4.69) is 0 Å². The van der Waals surface area contributed by atoms with Crippen LogP contribution in [0, 0.1) is 12.8 Å². The highest BCUT2D eigenvalue weighted by molar-refractivity contribution is 5.95. The van der Waals surface area contributed by atoms with Crippen LogP contribution in [-0.2, 0) is 0 Å². The van der Waals surface area contributed by atoms with Crippen LogP contribution in [0.2, 0.25) is 0 Å². The van der Waals surface area contributed by atoms with Crippen LogP contribution >= 0.6 is 0 Å². The zero-order valence-electron chi connectivity index (χ0n) is 18.4. The average Bonchev–Trinajstić information content (AvgIpc) is 2.83. The zero-order chi connectivity index (χ0) is 21.6. The fourth-order valence-electron chi connectivity index (χ4n) is 4.53. The molecule has 4 rings (SSSR count). The number of benzene rings is 2. The predicted octanol–water partition coefficient (Wildman–Crippen LogP) is 4.55. The van der Waals surface area contributed by atoms with E-state index in [0.717, 1.165) is 74.3 Å². The number of carbonyl (C=O) groups excluding carboxylic acids is 2. The van der Waals surface area contributed by atoms with Crippen molar-refractivity contribution in [2.75, 3.05) is 32.8 Å². The second kappa shape index (κ2) is 9.99. The summed E-state index contributed by atoms with van der Waals surface area (Å²) in [4.78, 5) is 29.4. The van der Waals surface area contributed by atoms with Crippen molar-refractivity contribution < 1.29 is 14.3 Å². The quantitative estimate of drug-likeness (QED) is 0.713. The molecule has 2 heterocycles. The van der Waals surface area contributed by atoms with Gasteiger partial charge < -0.3 is 14.5 Å². The molecule has 0 aliphatic carbocycles. The minimum atomic E-state index is 0.106. The smallest absolute Gasteiger partial charge is 0.253 e. The predicted molar refractivity (Wildman–Crippen MR) is 121 cm³/mol. The Morgan fingerprint density at radius 3 is 2.32 bits per heavy atom. The molecule has 2 fully saturated rings. The summed E-state index contributed by atoms with van der Waals surface area (Å²) in [6.07, 6.45) is 5.46. The van der Waals surface area contributed by atoms with Crippen LogP contribution < -0.4 is 4.74 Å². The molecule has 0 aromatic heterocycles. The molecule has 2 aromatic rings. The summed E-state index contributed by atoms with van der Waals surface area (Å²) in [5.41, 5.74) is 2.59. The molecule has 0 spiro atoms. The van der Waals surface area contributed by atoms with Gasteiger partial charge in [0, 0.05) is 43.2 Å². The summed E-state index contributed by atoms with van der Waals surface area (Å²) < 4.78 is 6.02. The lowest BCUT2D eigenvalue weighted by Crippen LogP contribution is -2.41. The Hall–Kier alpha value is -2.82. The first kappa shape index (κ1) is 21.4. The van der Waals surface area contributed by atoms with Crippen molar-refractivity contribution in [1.29, 1.82) is 0 Å². The number of piperidine rings is 2. The van der Waals surface area contributed by atoms with Gasteiger partial charge in [0.25, 0.3) is 11.8 Å². The van der Waals surface area contributed by atoms with E-state index in [0.29, 0.717) is 12.5 Å². The van der Waals surface area contributed by atoms with Gasteiger partial charge in [-0.05, 0) is 75.4 Å². The standard InChI is InChI=1S/C26H32N2O3/c1-20-7-5-9-23(17-20)26(30)28-16-6-8-21(18-28)19-31-24-12-10-22(11-13-24)25(29)27-14-3-2-4-15-27/h5,7,9-13,17,21H,2-4,6,8,14-16,18-19H2,1H3. The molecule has 2 amide bonds. The van der Waals surface area contributed by atoms with Crippen LogP contribution in [0.3, 0.4) is 0 Å². The number of nitrogens with zero attached hydrogens (tertiary/aromatic N) is 2. The van der Waals surface area contributed by atoms with Gasteiger partial charge in [-0.3, -0.25) is 9.59 Å². The fourth-order valence-corrected chi connectivity index (χ4v) is 4.53. The number of rotatable bonds is 5. The summed E-state index contributed by atoms with van der Waals surface area (Å²) >= 11 is 0. The van der Waals surface area contributed by atoms with E-state index in [1.54, 1.807) is 0 Å². The number of carbonyl (C=O) groups is 2. The minimum absolute atomic E-state index is 0.106. The van der Waals surface area contributed by atoms with Gasteiger partial charge in [-0.1, -0.05) is 17.7 Å². The van der Waals surface area contributed by atoms with Gasteiger partial charge in [-0.15, -0.1) is 0 Å².